The molecule has 1 N–H and O–H groups in total. The predicted octanol–water partition coefficient (Wildman–Crippen LogP) is 3.61. The molecular formula is C16H23N3O. The Labute approximate surface area is 120 Å². The molecule has 4 nitrogen and oxygen atoms in total. The largest absolute Gasteiger partial charge is 0.491 e. The van der Waals surface area contributed by atoms with Crippen LogP contribution in [0, 0.1) is 6.92 Å². The SMILES string of the molecule is CCCOc1cc(C)ccc1NCc1ccnn1CC. The first-order valence-corrected chi connectivity index (χ1v) is 7.22. The van der Waals surface area contributed by atoms with Gasteiger partial charge >= 0.3 is 0 Å². The third-order valence-electron chi connectivity index (χ3n) is 3.16. The fourth-order valence-electron chi connectivity index (χ4n) is 2.09. The second-order valence-corrected chi connectivity index (χ2v) is 4.84. The fourth-order valence-corrected chi connectivity index (χ4v) is 2.09. The van der Waals surface area contributed by atoms with Crippen LogP contribution in [0.4, 0.5) is 5.69 Å². The van der Waals surface area contributed by atoms with E-state index in [2.05, 4.69) is 49.4 Å². The number of anilines is 1. The van der Waals surface area contributed by atoms with Crippen LogP contribution >= 0.6 is 0 Å². The first kappa shape index (κ1) is 14.4. The summed E-state index contributed by atoms with van der Waals surface area (Å²) >= 11 is 0. The smallest absolute Gasteiger partial charge is 0.142 e. The van der Waals surface area contributed by atoms with Crippen molar-refractivity contribution in [3.8, 4) is 5.75 Å². The zero-order chi connectivity index (χ0) is 14.4. The van der Waals surface area contributed by atoms with Crippen molar-refractivity contribution >= 4 is 5.69 Å². The third kappa shape index (κ3) is 3.53. The molecule has 0 saturated carbocycles. The van der Waals surface area contributed by atoms with E-state index in [9.17, 15) is 0 Å². The highest BCUT2D eigenvalue weighted by molar-refractivity contribution is 5.57. The lowest BCUT2D eigenvalue weighted by Crippen LogP contribution is -2.09. The van der Waals surface area contributed by atoms with E-state index in [1.54, 1.807) is 0 Å². The van der Waals surface area contributed by atoms with Gasteiger partial charge in [0.25, 0.3) is 0 Å². The summed E-state index contributed by atoms with van der Waals surface area (Å²) in [4.78, 5) is 0. The van der Waals surface area contributed by atoms with E-state index in [4.69, 9.17) is 4.74 Å². The van der Waals surface area contributed by atoms with Gasteiger partial charge < -0.3 is 10.1 Å². The van der Waals surface area contributed by atoms with Gasteiger partial charge in [-0.3, -0.25) is 4.68 Å². The average molecular weight is 273 g/mol. The van der Waals surface area contributed by atoms with Gasteiger partial charge in [-0.05, 0) is 44.0 Å². The van der Waals surface area contributed by atoms with Crippen LogP contribution in [0.3, 0.4) is 0 Å². The van der Waals surface area contributed by atoms with Crippen molar-refractivity contribution in [2.24, 2.45) is 0 Å². The molecule has 0 aliphatic heterocycles. The minimum Gasteiger partial charge on any atom is -0.491 e. The first-order valence-electron chi connectivity index (χ1n) is 7.22. The highest BCUT2D eigenvalue weighted by Crippen LogP contribution is 2.26. The van der Waals surface area contributed by atoms with Crippen LogP contribution < -0.4 is 10.1 Å². The van der Waals surface area contributed by atoms with Gasteiger partial charge in [-0.15, -0.1) is 0 Å². The molecule has 0 fully saturated rings. The molecule has 0 atom stereocenters. The molecule has 1 aromatic heterocycles. The Morgan fingerprint density at radius 2 is 2.10 bits per heavy atom. The maximum atomic E-state index is 5.81. The molecule has 1 heterocycles. The molecular weight excluding hydrogens is 250 g/mol. The van der Waals surface area contributed by atoms with Gasteiger partial charge in [-0.25, -0.2) is 0 Å². The second-order valence-electron chi connectivity index (χ2n) is 4.84. The van der Waals surface area contributed by atoms with E-state index in [0.717, 1.165) is 37.6 Å². The molecule has 0 amide bonds. The monoisotopic (exact) mass is 273 g/mol. The summed E-state index contributed by atoms with van der Waals surface area (Å²) in [6.45, 7) is 8.66. The molecule has 4 heteroatoms. The number of aromatic nitrogens is 2. The van der Waals surface area contributed by atoms with Crippen LogP contribution in [0.5, 0.6) is 5.75 Å². The van der Waals surface area contributed by atoms with E-state index in [1.165, 1.54) is 11.3 Å². The van der Waals surface area contributed by atoms with Crippen LogP contribution in [0.1, 0.15) is 31.5 Å². The summed E-state index contributed by atoms with van der Waals surface area (Å²) < 4.78 is 7.80. The fraction of sp³-hybridized carbons (Fsp3) is 0.438. The molecule has 108 valence electrons. The zero-order valence-electron chi connectivity index (χ0n) is 12.5. The molecule has 0 aliphatic rings. The Bertz CT molecular complexity index is 548. The Kier molecular flexibility index (Phi) is 5.04. The van der Waals surface area contributed by atoms with Gasteiger partial charge in [-0.1, -0.05) is 13.0 Å². The minimum absolute atomic E-state index is 0.741. The Hall–Kier alpha value is -1.97. The molecule has 0 radical (unpaired) electrons. The van der Waals surface area contributed by atoms with Crippen molar-refractivity contribution in [1.82, 2.24) is 9.78 Å². The van der Waals surface area contributed by atoms with Crippen LogP contribution in [0.25, 0.3) is 0 Å². The molecule has 0 aliphatic carbocycles. The van der Waals surface area contributed by atoms with Gasteiger partial charge in [0.1, 0.15) is 5.75 Å². The number of rotatable bonds is 7. The number of nitrogens with one attached hydrogen (secondary N) is 1. The predicted molar refractivity (Wildman–Crippen MR) is 82.2 cm³/mol. The lowest BCUT2D eigenvalue weighted by atomic mass is 10.2. The normalized spacial score (nSPS) is 10.6. The van der Waals surface area contributed by atoms with Crippen molar-refractivity contribution in [1.29, 1.82) is 0 Å². The highest BCUT2D eigenvalue weighted by atomic mass is 16.5. The van der Waals surface area contributed by atoms with E-state index >= 15 is 0 Å². The number of benzene rings is 1. The molecule has 2 aromatic rings. The van der Waals surface area contributed by atoms with E-state index in [1.807, 2.05) is 16.9 Å². The Morgan fingerprint density at radius 1 is 1.25 bits per heavy atom. The van der Waals surface area contributed by atoms with Crippen LogP contribution in [0.2, 0.25) is 0 Å². The molecule has 1 aromatic carbocycles. The van der Waals surface area contributed by atoms with Crippen LogP contribution in [-0.4, -0.2) is 16.4 Å². The van der Waals surface area contributed by atoms with Crippen LogP contribution in [0.15, 0.2) is 30.5 Å². The van der Waals surface area contributed by atoms with Crippen molar-refractivity contribution < 1.29 is 4.74 Å². The van der Waals surface area contributed by atoms with E-state index in [-0.39, 0.29) is 0 Å². The van der Waals surface area contributed by atoms with Crippen molar-refractivity contribution in [3.05, 3.63) is 41.7 Å². The van der Waals surface area contributed by atoms with Gasteiger partial charge in [0.15, 0.2) is 0 Å². The number of hydrogen-bond acceptors (Lipinski definition) is 3. The maximum Gasteiger partial charge on any atom is 0.142 e. The quantitative estimate of drug-likeness (QED) is 0.837. The lowest BCUT2D eigenvalue weighted by molar-refractivity contribution is 0.318. The molecule has 2 rings (SSSR count). The molecule has 0 unspecified atom stereocenters. The summed E-state index contributed by atoms with van der Waals surface area (Å²) in [5, 5.41) is 7.72. The molecule has 0 saturated heterocycles. The summed E-state index contributed by atoms with van der Waals surface area (Å²) in [6.07, 6.45) is 2.85. The van der Waals surface area contributed by atoms with Crippen molar-refractivity contribution in [2.45, 2.75) is 40.3 Å². The highest BCUT2D eigenvalue weighted by Gasteiger charge is 2.06. The maximum absolute atomic E-state index is 5.81. The summed E-state index contributed by atoms with van der Waals surface area (Å²) in [5.41, 5.74) is 3.42. The number of ether oxygens (including phenoxy) is 1. The minimum atomic E-state index is 0.741. The van der Waals surface area contributed by atoms with E-state index in [0.29, 0.717) is 0 Å². The molecule has 0 spiro atoms. The topological polar surface area (TPSA) is 39.1 Å². The third-order valence-corrected chi connectivity index (χ3v) is 3.16. The summed E-state index contributed by atoms with van der Waals surface area (Å²) in [6, 6.07) is 8.29. The number of nitrogens with zero attached hydrogens (tertiary/aromatic N) is 2. The number of aryl methyl sites for hydroxylation is 2. The summed E-state index contributed by atoms with van der Waals surface area (Å²) in [7, 11) is 0. The average Bonchev–Trinajstić information content (AvgIpc) is 2.91. The van der Waals surface area contributed by atoms with Crippen molar-refractivity contribution in [3.63, 3.8) is 0 Å². The van der Waals surface area contributed by atoms with Gasteiger partial charge in [0, 0.05) is 12.7 Å². The lowest BCUT2D eigenvalue weighted by Gasteiger charge is -2.14. The second kappa shape index (κ2) is 6.98. The first-order chi connectivity index (χ1) is 9.74. The zero-order valence-corrected chi connectivity index (χ0v) is 12.5. The summed E-state index contributed by atoms with van der Waals surface area (Å²) in [5.74, 6) is 0.925. The Balaban J connectivity index is 2.08. The molecule has 0 bridgehead atoms. The number of hydrogen-bond donors (Lipinski definition) is 1. The van der Waals surface area contributed by atoms with E-state index < -0.39 is 0 Å². The van der Waals surface area contributed by atoms with Crippen molar-refractivity contribution in [2.75, 3.05) is 11.9 Å². The Morgan fingerprint density at radius 3 is 2.85 bits per heavy atom. The van der Waals surface area contributed by atoms with Gasteiger partial charge in [0.05, 0.1) is 24.5 Å². The molecule has 20 heavy (non-hydrogen) atoms. The van der Waals surface area contributed by atoms with Gasteiger partial charge in [0.2, 0.25) is 0 Å². The standard InChI is InChI=1S/C16H23N3O/c1-4-10-20-16-11-13(3)6-7-15(16)17-12-14-8-9-18-19(14)5-2/h6-9,11,17H,4-5,10,12H2,1-3H3. The van der Waals surface area contributed by atoms with Gasteiger partial charge in [-0.2, -0.15) is 5.10 Å². The van der Waals surface area contributed by atoms with Crippen LogP contribution in [-0.2, 0) is 13.1 Å².